The van der Waals surface area contributed by atoms with Gasteiger partial charge < -0.3 is 10.1 Å². The van der Waals surface area contributed by atoms with Gasteiger partial charge in [0, 0.05) is 31.4 Å². The fraction of sp³-hybridized carbons (Fsp3) is 0.533. The Labute approximate surface area is 119 Å². The summed E-state index contributed by atoms with van der Waals surface area (Å²) in [5.41, 5.74) is 2.45. The van der Waals surface area contributed by atoms with Crippen molar-refractivity contribution in [2.45, 2.75) is 13.0 Å². The van der Waals surface area contributed by atoms with Crippen LogP contribution in [-0.4, -0.2) is 53.9 Å². The van der Waals surface area contributed by atoms with Crippen molar-refractivity contribution in [2.75, 3.05) is 39.4 Å². The van der Waals surface area contributed by atoms with Gasteiger partial charge in [0.25, 0.3) is 0 Å². The summed E-state index contributed by atoms with van der Waals surface area (Å²) in [5.74, 6) is 0. The third kappa shape index (κ3) is 3.36. The van der Waals surface area contributed by atoms with Crippen LogP contribution >= 0.6 is 0 Å². The smallest absolute Gasteiger partial charge is 0.0706 e. The van der Waals surface area contributed by atoms with Gasteiger partial charge in [-0.2, -0.15) is 5.10 Å². The molecule has 0 saturated carbocycles. The standard InChI is InChI=1S/C15H22N4O/c1-2-7-19-15(4-1)14(13-17-19)12-16-5-3-6-18-8-10-20-11-9-18/h1-2,4,7,13,16H,3,5-6,8-12H2. The van der Waals surface area contributed by atoms with Crippen molar-refractivity contribution in [2.24, 2.45) is 0 Å². The van der Waals surface area contributed by atoms with Crippen LogP contribution in [0.5, 0.6) is 0 Å². The molecule has 0 atom stereocenters. The van der Waals surface area contributed by atoms with E-state index >= 15 is 0 Å². The lowest BCUT2D eigenvalue weighted by Gasteiger charge is -2.26. The molecule has 2 aromatic rings. The highest BCUT2D eigenvalue weighted by Crippen LogP contribution is 2.09. The number of ether oxygens (including phenoxy) is 1. The average molecular weight is 274 g/mol. The second-order valence-corrected chi connectivity index (χ2v) is 5.18. The lowest BCUT2D eigenvalue weighted by atomic mass is 10.2. The third-order valence-electron chi connectivity index (χ3n) is 3.75. The molecule has 2 aromatic heterocycles. The zero-order valence-corrected chi connectivity index (χ0v) is 11.8. The summed E-state index contributed by atoms with van der Waals surface area (Å²) in [4.78, 5) is 2.47. The van der Waals surface area contributed by atoms with E-state index in [9.17, 15) is 0 Å². The van der Waals surface area contributed by atoms with E-state index in [1.165, 1.54) is 17.5 Å². The molecule has 0 amide bonds. The minimum atomic E-state index is 0.885. The largest absolute Gasteiger partial charge is 0.379 e. The van der Waals surface area contributed by atoms with Gasteiger partial charge in [0.2, 0.25) is 0 Å². The summed E-state index contributed by atoms with van der Waals surface area (Å²) < 4.78 is 7.27. The quantitative estimate of drug-likeness (QED) is 0.802. The number of nitrogens with one attached hydrogen (secondary N) is 1. The van der Waals surface area contributed by atoms with Crippen LogP contribution in [0.15, 0.2) is 30.6 Å². The van der Waals surface area contributed by atoms with Crippen molar-refractivity contribution in [3.63, 3.8) is 0 Å². The molecule has 1 fully saturated rings. The molecule has 108 valence electrons. The molecule has 1 aliphatic rings. The van der Waals surface area contributed by atoms with E-state index < -0.39 is 0 Å². The number of fused-ring (bicyclic) bond motifs is 1. The van der Waals surface area contributed by atoms with Crippen LogP contribution in [0.1, 0.15) is 12.0 Å². The molecule has 0 bridgehead atoms. The highest BCUT2D eigenvalue weighted by atomic mass is 16.5. The number of nitrogens with zero attached hydrogens (tertiary/aromatic N) is 3. The van der Waals surface area contributed by atoms with Gasteiger partial charge in [0.1, 0.15) is 0 Å². The van der Waals surface area contributed by atoms with Crippen LogP contribution < -0.4 is 5.32 Å². The van der Waals surface area contributed by atoms with Crippen LogP contribution in [0.2, 0.25) is 0 Å². The van der Waals surface area contributed by atoms with Crippen molar-refractivity contribution >= 4 is 5.52 Å². The van der Waals surface area contributed by atoms with Gasteiger partial charge in [-0.05, 0) is 31.6 Å². The number of hydrogen-bond acceptors (Lipinski definition) is 4. The second kappa shape index (κ2) is 6.83. The molecule has 1 N–H and O–H groups in total. The van der Waals surface area contributed by atoms with Crippen molar-refractivity contribution in [1.82, 2.24) is 19.8 Å². The van der Waals surface area contributed by atoms with Gasteiger partial charge in [0.05, 0.1) is 24.9 Å². The van der Waals surface area contributed by atoms with E-state index in [2.05, 4.69) is 27.4 Å². The Morgan fingerprint density at radius 3 is 3.05 bits per heavy atom. The average Bonchev–Trinajstić information content (AvgIpc) is 2.91. The predicted octanol–water partition coefficient (Wildman–Crippen LogP) is 1.15. The van der Waals surface area contributed by atoms with E-state index in [4.69, 9.17) is 4.74 Å². The van der Waals surface area contributed by atoms with E-state index in [1.54, 1.807) is 0 Å². The van der Waals surface area contributed by atoms with Gasteiger partial charge in [-0.25, -0.2) is 4.52 Å². The first-order valence-electron chi connectivity index (χ1n) is 7.35. The van der Waals surface area contributed by atoms with Crippen molar-refractivity contribution < 1.29 is 4.74 Å². The molecule has 0 radical (unpaired) electrons. The van der Waals surface area contributed by atoms with E-state index in [0.717, 1.165) is 45.9 Å². The zero-order valence-electron chi connectivity index (χ0n) is 11.8. The maximum atomic E-state index is 5.35. The van der Waals surface area contributed by atoms with Gasteiger partial charge in [0.15, 0.2) is 0 Å². The van der Waals surface area contributed by atoms with Crippen LogP contribution in [-0.2, 0) is 11.3 Å². The SMILES string of the molecule is c1ccn2ncc(CNCCCN3CCOCC3)c2c1. The number of morpholine rings is 1. The van der Waals surface area contributed by atoms with Gasteiger partial charge >= 0.3 is 0 Å². The Bertz CT molecular complexity index is 533. The number of pyridine rings is 1. The maximum absolute atomic E-state index is 5.35. The summed E-state index contributed by atoms with van der Waals surface area (Å²) in [6, 6.07) is 6.16. The number of hydrogen-bond donors (Lipinski definition) is 1. The van der Waals surface area contributed by atoms with Gasteiger partial charge in [-0.15, -0.1) is 0 Å². The van der Waals surface area contributed by atoms with Crippen LogP contribution in [0.25, 0.3) is 5.52 Å². The lowest BCUT2D eigenvalue weighted by molar-refractivity contribution is 0.0374. The second-order valence-electron chi connectivity index (χ2n) is 5.18. The maximum Gasteiger partial charge on any atom is 0.0706 e. The molecule has 5 heteroatoms. The van der Waals surface area contributed by atoms with E-state index in [0.29, 0.717) is 0 Å². The fourth-order valence-electron chi connectivity index (χ4n) is 2.60. The first-order valence-corrected chi connectivity index (χ1v) is 7.35. The topological polar surface area (TPSA) is 41.8 Å². The number of aromatic nitrogens is 2. The zero-order chi connectivity index (χ0) is 13.6. The summed E-state index contributed by atoms with van der Waals surface area (Å²) in [6.45, 7) is 7.01. The van der Waals surface area contributed by atoms with Gasteiger partial charge in [-0.3, -0.25) is 4.90 Å². The molecule has 1 aliphatic heterocycles. The molecule has 0 spiro atoms. The van der Waals surface area contributed by atoms with Crippen LogP contribution in [0, 0.1) is 0 Å². The fourth-order valence-corrected chi connectivity index (χ4v) is 2.60. The van der Waals surface area contributed by atoms with E-state index in [1.807, 2.05) is 23.0 Å². The van der Waals surface area contributed by atoms with E-state index in [-0.39, 0.29) is 0 Å². The molecule has 3 rings (SSSR count). The molecule has 5 nitrogen and oxygen atoms in total. The summed E-state index contributed by atoms with van der Waals surface area (Å²) >= 11 is 0. The summed E-state index contributed by atoms with van der Waals surface area (Å²) in [5, 5.41) is 7.85. The van der Waals surface area contributed by atoms with Crippen molar-refractivity contribution in [1.29, 1.82) is 0 Å². The molecule has 0 unspecified atom stereocenters. The van der Waals surface area contributed by atoms with Crippen LogP contribution in [0.3, 0.4) is 0 Å². The lowest BCUT2D eigenvalue weighted by Crippen LogP contribution is -2.37. The minimum absolute atomic E-state index is 0.885. The minimum Gasteiger partial charge on any atom is -0.379 e. The Morgan fingerprint density at radius 2 is 2.15 bits per heavy atom. The molecule has 3 heterocycles. The number of rotatable bonds is 6. The molecule has 20 heavy (non-hydrogen) atoms. The summed E-state index contributed by atoms with van der Waals surface area (Å²) in [7, 11) is 0. The molecule has 0 aromatic carbocycles. The highest BCUT2D eigenvalue weighted by molar-refractivity contribution is 5.53. The predicted molar refractivity (Wildman–Crippen MR) is 78.8 cm³/mol. The molecular formula is C15H22N4O. The third-order valence-corrected chi connectivity index (χ3v) is 3.75. The monoisotopic (exact) mass is 274 g/mol. The molecule has 1 saturated heterocycles. The first-order chi connectivity index (χ1) is 9.93. The Balaban J connectivity index is 1.39. The Hall–Kier alpha value is -1.43. The molecular weight excluding hydrogens is 252 g/mol. The molecule has 0 aliphatic carbocycles. The van der Waals surface area contributed by atoms with Crippen LogP contribution in [0.4, 0.5) is 0 Å². The Kier molecular flexibility index (Phi) is 4.63. The van der Waals surface area contributed by atoms with Gasteiger partial charge in [-0.1, -0.05) is 6.07 Å². The van der Waals surface area contributed by atoms with Crippen molar-refractivity contribution in [3.8, 4) is 0 Å². The Morgan fingerprint density at radius 1 is 1.25 bits per heavy atom. The first kappa shape index (κ1) is 13.5. The highest BCUT2D eigenvalue weighted by Gasteiger charge is 2.09. The van der Waals surface area contributed by atoms with Crippen molar-refractivity contribution in [3.05, 3.63) is 36.2 Å². The summed E-state index contributed by atoms with van der Waals surface area (Å²) in [6.07, 6.45) is 5.11. The normalized spacial score (nSPS) is 16.8.